The van der Waals surface area contributed by atoms with Crippen LogP contribution in [-0.2, 0) is 0 Å². The van der Waals surface area contributed by atoms with Gasteiger partial charge in [-0.3, -0.25) is 0 Å². The van der Waals surface area contributed by atoms with Gasteiger partial charge in [0.1, 0.15) is 7.75 Å². The van der Waals surface area contributed by atoms with Crippen LogP contribution in [0.25, 0.3) is 0 Å². The molecular formula is C16H37NSi2. The molecule has 0 amide bonds. The Hall–Kier alpha value is 0.134. The lowest BCUT2D eigenvalue weighted by Gasteiger charge is -2.50. The van der Waals surface area contributed by atoms with Crippen LogP contribution in [0.3, 0.4) is 0 Å². The van der Waals surface area contributed by atoms with E-state index >= 15 is 0 Å². The van der Waals surface area contributed by atoms with Crippen LogP contribution >= 0.6 is 0 Å². The van der Waals surface area contributed by atoms with E-state index in [1.54, 1.807) is 5.20 Å². The highest BCUT2D eigenvalue weighted by molar-refractivity contribution is 7.44. The minimum atomic E-state index is -1.49. The van der Waals surface area contributed by atoms with Crippen molar-refractivity contribution < 1.29 is 0 Å². The van der Waals surface area contributed by atoms with Crippen molar-refractivity contribution in [2.75, 3.05) is 0 Å². The third-order valence-corrected chi connectivity index (χ3v) is 26.0. The van der Waals surface area contributed by atoms with E-state index in [1.165, 1.54) is 30.6 Å². The summed E-state index contributed by atoms with van der Waals surface area (Å²) in [6, 6.07) is 6.37. The first kappa shape index (κ1) is 19.1. The van der Waals surface area contributed by atoms with Crippen molar-refractivity contribution in [3.05, 3.63) is 11.3 Å². The molecule has 0 saturated heterocycles. The molecule has 0 heterocycles. The standard InChI is InChI=1S/C16H37NSi2/c1-9-14-19(16(8)10-2,17-15(6)7)18(11-3,12-4)13-5/h10,15,17H,9,11-14H2,1-8H3/b16-10+. The summed E-state index contributed by atoms with van der Waals surface area (Å²) >= 11 is 0. The van der Waals surface area contributed by atoms with Gasteiger partial charge in [-0.05, 0) is 25.9 Å². The Morgan fingerprint density at radius 2 is 1.53 bits per heavy atom. The third kappa shape index (κ3) is 3.82. The maximum Gasteiger partial charge on any atom is 0.142 e. The highest BCUT2D eigenvalue weighted by Crippen LogP contribution is 2.37. The topological polar surface area (TPSA) is 12.0 Å². The summed E-state index contributed by atoms with van der Waals surface area (Å²) in [4.78, 5) is 4.17. The highest BCUT2D eigenvalue weighted by atomic mass is 29.3. The van der Waals surface area contributed by atoms with Gasteiger partial charge in [-0.15, -0.1) is 0 Å². The largest absolute Gasteiger partial charge is 0.334 e. The maximum atomic E-state index is 4.17. The lowest BCUT2D eigenvalue weighted by molar-refractivity contribution is 0.729. The fourth-order valence-electron chi connectivity index (χ4n) is 3.99. The molecule has 0 aliphatic heterocycles. The van der Waals surface area contributed by atoms with Gasteiger partial charge in [0.15, 0.2) is 0 Å². The van der Waals surface area contributed by atoms with Crippen molar-refractivity contribution >= 4 is 15.3 Å². The summed E-state index contributed by atoms with van der Waals surface area (Å²) < 4.78 is 0. The van der Waals surface area contributed by atoms with Gasteiger partial charge in [-0.1, -0.05) is 77.4 Å². The van der Waals surface area contributed by atoms with E-state index in [2.05, 4.69) is 66.4 Å². The Bertz CT molecular complexity index is 274. The van der Waals surface area contributed by atoms with Crippen molar-refractivity contribution in [3.8, 4) is 0 Å². The number of nitrogens with one attached hydrogen (secondary N) is 1. The maximum absolute atomic E-state index is 4.17. The van der Waals surface area contributed by atoms with Crippen molar-refractivity contribution in [1.82, 2.24) is 4.98 Å². The molecule has 19 heavy (non-hydrogen) atoms. The quantitative estimate of drug-likeness (QED) is 0.560. The molecule has 0 aliphatic rings. The zero-order valence-electron chi connectivity index (χ0n) is 14.7. The molecule has 0 radical (unpaired) electrons. The van der Waals surface area contributed by atoms with E-state index < -0.39 is 15.3 Å². The minimum absolute atomic E-state index is 0.615. The van der Waals surface area contributed by atoms with Gasteiger partial charge in [0, 0.05) is 0 Å². The van der Waals surface area contributed by atoms with Gasteiger partial charge < -0.3 is 4.98 Å². The predicted octanol–water partition coefficient (Wildman–Crippen LogP) is 5.43. The van der Waals surface area contributed by atoms with Crippen LogP contribution < -0.4 is 4.98 Å². The van der Waals surface area contributed by atoms with E-state index in [0.29, 0.717) is 6.04 Å². The summed E-state index contributed by atoms with van der Waals surface area (Å²) in [5.74, 6) is 0. The Kier molecular flexibility index (Phi) is 8.49. The second kappa shape index (κ2) is 8.43. The zero-order chi connectivity index (χ0) is 15.1. The monoisotopic (exact) mass is 299 g/mol. The van der Waals surface area contributed by atoms with Crippen molar-refractivity contribution in [2.45, 2.75) is 92.0 Å². The van der Waals surface area contributed by atoms with E-state index in [0.717, 1.165) is 0 Å². The Balaban J connectivity index is 5.92. The van der Waals surface area contributed by atoms with Crippen LogP contribution in [0.2, 0.25) is 24.2 Å². The fourth-order valence-corrected chi connectivity index (χ4v) is 24.5. The van der Waals surface area contributed by atoms with Crippen LogP contribution in [0, 0.1) is 0 Å². The first-order valence-corrected chi connectivity index (χ1v) is 14.1. The molecule has 0 aromatic rings. The summed E-state index contributed by atoms with van der Waals surface area (Å²) in [7, 11) is -2.70. The first-order chi connectivity index (χ1) is 8.89. The second-order valence-corrected chi connectivity index (χ2v) is 20.1. The molecule has 114 valence electrons. The van der Waals surface area contributed by atoms with E-state index in [1.807, 2.05) is 0 Å². The summed E-state index contributed by atoms with van der Waals surface area (Å²) in [6.07, 6.45) is 3.74. The molecule has 1 atom stereocenters. The van der Waals surface area contributed by atoms with Gasteiger partial charge in [0.25, 0.3) is 0 Å². The van der Waals surface area contributed by atoms with Gasteiger partial charge >= 0.3 is 0 Å². The Morgan fingerprint density at radius 3 is 1.79 bits per heavy atom. The highest BCUT2D eigenvalue weighted by Gasteiger charge is 2.52. The molecule has 3 heteroatoms. The van der Waals surface area contributed by atoms with E-state index in [-0.39, 0.29) is 0 Å². The van der Waals surface area contributed by atoms with Gasteiger partial charge in [0.05, 0.1) is 7.59 Å². The van der Waals surface area contributed by atoms with Crippen LogP contribution in [0.4, 0.5) is 0 Å². The van der Waals surface area contributed by atoms with Crippen LogP contribution in [0.5, 0.6) is 0 Å². The van der Waals surface area contributed by atoms with Crippen LogP contribution in [0.15, 0.2) is 11.3 Å². The van der Waals surface area contributed by atoms with Crippen molar-refractivity contribution in [3.63, 3.8) is 0 Å². The van der Waals surface area contributed by atoms with Gasteiger partial charge in [-0.25, -0.2) is 0 Å². The lowest BCUT2D eigenvalue weighted by Crippen LogP contribution is -2.72. The summed E-state index contributed by atoms with van der Waals surface area (Å²) in [5, 5.41) is 1.72. The van der Waals surface area contributed by atoms with Gasteiger partial charge in [-0.2, -0.15) is 0 Å². The molecule has 0 bridgehead atoms. The average Bonchev–Trinajstić information content (AvgIpc) is 2.39. The SMILES string of the molecule is C/C=C(\C)[Si](CCC)(NC(C)C)[Si](CC)(CC)CC. The molecular weight excluding hydrogens is 262 g/mol. The molecule has 0 aliphatic carbocycles. The molecule has 0 aromatic carbocycles. The van der Waals surface area contributed by atoms with Crippen LogP contribution in [0.1, 0.15) is 61.8 Å². The number of rotatable bonds is 9. The number of hydrogen-bond donors (Lipinski definition) is 1. The summed E-state index contributed by atoms with van der Waals surface area (Å²) in [5.41, 5.74) is 0. The van der Waals surface area contributed by atoms with Gasteiger partial charge in [0.2, 0.25) is 0 Å². The van der Waals surface area contributed by atoms with E-state index in [4.69, 9.17) is 0 Å². The Morgan fingerprint density at radius 1 is 1.05 bits per heavy atom. The lowest BCUT2D eigenvalue weighted by atomic mass is 10.4. The molecule has 0 saturated carbocycles. The molecule has 0 rings (SSSR count). The summed E-state index contributed by atoms with van der Waals surface area (Å²) in [6.45, 7) is 19.1. The predicted molar refractivity (Wildman–Crippen MR) is 95.8 cm³/mol. The molecule has 1 unspecified atom stereocenters. The third-order valence-electron chi connectivity index (χ3n) is 5.20. The molecule has 0 spiro atoms. The molecule has 1 N–H and O–H groups in total. The smallest absolute Gasteiger partial charge is 0.142 e. The minimum Gasteiger partial charge on any atom is -0.334 e. The van der Waals surface area contributed by atoms with Crippen molar-refractivity contribution in [2.24, 2.45) is 0 Å². The number of hydrogen-bond acceptors (Lipinski definition) is 1. The van der Waals surface area contributed by atoms with Crippen molar-refractivity contribution in [1.29, 1.82) is 0 Å². The fraction of sp³-hybridized carbons (Fsp3) is 0.875. The molecule has 1 nitrogen and oxygen atoms in total. The number of allylic oxidation sites excluding steroid dienone is 2. The normalized spacial score (nSPS) is 16.8. The average molecular weight is 300 g/mol. The molecule has 0 aromatic heterocycles. The Labute approximate surface area is 124 Å². The zero-order valence-corrected chi connectivity index (χ0v) is 16.7. The first-order valence-electron chi connectivity index (χ1n) is 8.30. The second-order valence-electron chi connectivity index (χ2n) is 6.27. The van der Waals surface area contributed by atoms with Crippen LogP contribution in [-0.4, -0.2) is 21.4 Å². The van der Waals surface area contributed by atoms with E-state index in [9.17, 15) is 0 Å². The molecule has 0 fully saturated rings.